The van der Waals surface area contributed by atoms with E-state index in [-0.39, 0.29) is 5.91 Å². The van der Waals surface area contributed by atoms with Crippen LogP contribution in [0.1, 0.15) is 6.92 Å². The topological polar surface area (TPSA) is 38.3 Å². The normalized spacial score (nSPS) is 12.0. The SMILES string of the molecule is COc1ccc(NC(=O)C(C)Cl)cc1Br. The number of hydrogen-bond acceptors (Lipinski definition) is 2. The number of rotatable bonds is 3. The van der Waals surface area contributed by atoms with E-state index in [1.54, 1.807) is 32.2 Å². The van der Waals surface area contributed by atoms with Gasteiger partial charge in [0.2, 0.25) is 5.91 Å². The Hall–Kier alpha value is -0.740. The summed E-state index contributed by atoms with van der Waals surface area (Å²) in [5.41, 5.74) is 0.681. The van der Waals surface area contributed by atoms with Crippen molar-refractivity contribution in [1.82, 2.24) is 0 Å². The fraction of sp³-hybridized carbons (Fsp3) is 0.300. The van der Waals surface area contributed by atoms with Crippen LogP contribution in [-0.4, -0.2) is 18.4 Å². The molecule has 0 fully saturated rings. The lowest BCUT2D eigenvalue weighted by molar-refractivity contribution is -0.115. The monoisotopic (exact) mass is 291 g/mol. The fourth-order valence-corrected chi connectivity index (χ4v) is 1.58. The van der Waals surface area contributed by atoms with Crippen LogP contribution in [0, 0.1) is 0 Å². The number of benzene rings is 1. The fourth-order valence-electron chi connectivity index (χ4n) is 0.986. The van der Waals surface area contributed by atoms with Gasteiger partial charge in [-0.15, -0.1) is 11.6 Å². The second kappa shape index (κ2) is 5.37. The van der Waals surface area contributed by atoms with Gasteiger partial charge in [-0.2, -0.15) is 0 Å². The highest BCUT2D eigenvalue weighted by Gasteiger charge is 2.09. The van der Waals surface area contributed by atoms with Crippen molar-refractivity contribution in [3.05, 3.63) is 22.7 Å². The van der Waals surface area contributed by atoms with Crippen LogP contribution < -0.4 is 10.1 Å². The van der Waals surface area contributed by atoms with Gasteiger partial charge >= 0.3 is 0 Å². The molecule has 0 bridgehead atoms. The highest BCUT2D eigenvalue weighted by molar-refractivity contribution is 9.10. The molecule has 0 aliphatic carbocycles. The Labute approximate surface area is 102 Å². The first kappa shape index (κ1) is 12.3. The first-order chi connectivity index (χ1) is 7.04. The van der Waals surface area contributed by atoms with Crippen LogP contribution in [0.3, 0.4) is 0 Å². The summed E-state index contributed by atoms with van der Waals surface area (Å²) < 4.78 is 5.85. The van der Waals surface area contributed by atoms with Gasteiger partial charge in [-0.3, -0.25) is 4.79 Å². The Balaban J connectivity index is 2.80. The van der Waals surface area contributed by atoms with Crippen molar-refractivity contribution in [2.24, 2.45) is 0 Å². The highest BCUT2D eigenvalue weighted by Crippen LogP contribution is 2.27. The van der Waals surface area contributed by atoms with Gasteiger partial charge in [0.25, 0.3) is 0 Å². The van der Waals surface area contributed by atoms with Gasteiger partial charge in [0.05, 0.1) is 11.6 Å². The van der Waals surface area contributed by atoms with E-state index >= 15 is 0 Å². The molecule has 5 heteroatoms. The lowest BCUT2D eigenvalue weighted by atomic mass is 10.3. The molecule has 0 saturated carbocycles. The molecular formula is C10H11BrClNO2. The van der Waals surface area contributed by atoms with Crippen LogP contribution in [0.15, 0.2) is 22.7 Å². The van der Waals surface area contributed by atoms with Gasteiger partial charge in [-0.1, -0.05) is 0 Å². The predicted molar refractivity (Wildman–Crippen MR) is 64.6 cm³/mol. The van der Waals surface area contributed by atoms with E-state index < -0.39 is 5.38 Å². The Morgan fingerprint density at radius 3 is 2.73 bits per heavy atom. The number of amides is 1. The van der Waals surface area contributed by atoms with Crippen molar-refractivity contribution in [2.75, 3.05) is 12.4 Å². The van der Waals surface area contributed by atoms with E-state index in [2.05, 4.69) is 21.2 Å². The van der Waals surface area contributed by atoms with Crippen molar-refractivity contribution in [1.29, 1.82) is 0 Å². The van der Waals surface area contributed by atoms with Crippen molar-refractivity contribution in [3.8, 4) is 5.75 Å². The van der Waals surface area contributed by atoms with E-state index in [1.807, 2.05) is 0 Å². The number of halogens is 2. The summed E-state index contributed by atoms with van der Waals surface area (Å²) in [6.45, 7) is 1.62. The summed E-state index contributed by atoms with van der Waals surface area (Å²) in [5.74, 6) is 0.487. The van der Waals surface area contributed by atoms with Crippen molar-refractivity contribution in [2.45, 2.75) is 12.3 Å². The van der Waals surface area contributed by atoms with E-state index in [9.17, 15) is 4.79 Å². The molecule has 15 heavy (non-hydrogen) atoms. The molecule has 0 aromatic heterocycles. The molecule has 1 amide bonds. The lowest BCUT2D eigenvalue weighted by Crippen LogP contribution is -2.20. The third-order valence-corrected chi connectivity index (χ3v) is 2.60. The standard InChI is InChI=1S/C10H11BrClNO2/c1-6(12)10(14)13-7-3-4-9(15-2)8(11)5-7/h3-6H,1-2H3,(H,13,14). The smallest absolute Gasteiger partial charge is 0.242 e. The molecule has 0 aliphatic rings. The van der Waals surface area contributed by atoms with Gasteiger partial charge in [0.1, 0.15) is 11.1 Å². The second-order valence-corrected chi connectivity index (χ2v) is 4.46. The van der Waals surface area contributed by atoms with E-state index in [0.717, 1.165) is 4.47 Å². The number of ether oxygens (including phenoxy) is 1. The number of carbonyl (C=O) groups excluding carboxylic acids is 1. The minimum atomic E-state index is -0.550. The lowest BCUT2D eigenvalue weighted by Gasteiger charge is -2.08. The van der Waals surface area contributed by atoms with E-state index in [4.69, 9.17) is 16.3 Å². The quantitative estimate of drug-likeness (QED) is 0.870. The number of alkyl halides is 1. The van der Waals surface area contributed by atoms with Crippen LogP contribution in [0.25, 0.3) is 0 Å². The number of methoxy groups -OCH3 is 1. The first-order valence-electron chi connectivity index (χ1n) is 4.33. The molecule has 1 N–H and O–H groups in total. The van der Waals surface area contributed by atoms with Crippen LogP contribution in [-0.2, 0) is 4.79 Å². The molecule has 0 radical (unpaired) electrons. The summed E-state index contributed by atoms with van der Waals surface area (Å²) in [6, 6.07) is 5.27. The van der Waals surface area contributed by atoms with E-state index in [0.29, 0.717) is 11.4 Å². The van der Waals surface area contributed by atoms with Crippen molar-refractivity contribution in [3.63, 3.8) is 0 Å². The summed E-state index contributed by atoms with van der Waals surface area (Å²) in [5, 5.41) is 2.13. The number of nitrogens with one attached hydrogen (secondary N) is 1. The third kappa shape index (κ3) is 3.39. The number of hydrogen-bond donors (Lipinski definition) is 1. The van der Waals surface area contributed by atoms with Crippen LogP contribution in [0.4, 0.5) is 5.69 Å². The van der Waals surface area contributed by atoms with Gasteiger partial charge in [0.15, 0.2) is 0 Å². The average molecular weight is 293 g/mol. The predicted octanol–water partition coefficient (Wildman–Crippen LogP) is 3.02. The first-order valence-corrected chi connectivity index (χ1v) is 5.56. The Morgan fingerprint density at radius 2 is 2.27 bits per heavy atom. The molecular weight excluding hydrogens is 281 g/mol. The maximum atomic E-state index is 11.3. The summed E-state index contributed by atoms with van der Waals surface area (Å²) in [6.07, 6.45) is 0. The summed E-state index contributed by atoms with van der Waals surface area (Å²) in [4.78, 5) is 11.3. The van der Waals surface area contributed by atoms with Crippen molar-refractivity contribution < 1.29 is 9.53 Å². The minimum absolute atomic E-state index is 0.228. The summed E-state index contributed by atoms with van der Waals surface area (Å²) in [7, 11) is 1.58. The maximum absolute atomic E-state index is 11.3. The van der Waals surface area contributed by atoms with Crippen molar-refractivity contribution >= 4 is 39.1 Å². The molecule has 1 atom stereocenters. The molecule has 1 rings (SSSR count). The van der Waals surface area contributed by atoms with Crippen LogP contribution >= 0.6 is 27.5 Å². The molecule has 0 saturated heterocycles. The van der Waals surface area contributed by atoms with E-state index in [1.165, 1.54) is 0 Å². The molecule has 82 valence electrons. The minimum Gasteiger partial charge on any atom is -0.496 e. The molecule has 3 nitrogen and oxygen atoms in total. The second-order valence-electron chi connectivity index (χ2n) is 2.95. The largest absolute Gasteiger partial charge is 0.496 e. The zero-order chi connectivity index (χ0) is 11.4. The highest BCUT2D eigenvalue weighted by atomic mass is 79.9. The van der Waals surface area contributed by atoms with Crippen LogP contribution in [0.5, 0.6) is 5.75 Å². The van der Waals surface area contributed by atoms with Crippen LogP contribution in [0.2, 0.25) is 0 Å². The Bertz CT molecular complexity index is 368. The molecule has 1 aromatic rings. The molecule has 1 aromatic carbocycles. The zero-order valence-electron chi connectivity index (χ0n) is 8.38. The summed E-state index contributed by atoms with van der Waals surface area (Å²) >= 11 is 8.95. The molecule has 0 heterocycles. The average Bonchev–Trinajstić information content (AvgIpc) is 2.18. The van der Waals surface area contributed by atoms with Gasteiger partial charge < -0.3 is 10.1 Å². The molecule has 1 unspecified atom stereocenters. The Morgan fingerprint density at radius 1 is 1.60 bits per heavy atom. The maximum Gasteiger partial charge on any atom is 0.242 e. The third-order valence-electron chi connectivity index (χ3n) is 1.78. The van der Waals surface area contributed by atoms with Gasteiger partial charge in [-0.25, -0.2) is 0 Å². The number of anilines is 1. The molecule has 0 spiro atoms. The van der Waals surface area contributed by atoms with Gasteiger partial charge in [0, 0.05) is 5.69 Å². The van der Waals surface area contributed by atoms with Gasteiger partial charge in [-0.05, 0) is 41.1 Å². The zero-order valence-corrected chi connectivity index (χ0v) is 10.7. The Kier molecular flexibility index (Phi) is 4.42. The number of carbonyl (C=O) groups is 1. The molecule has 0 aliphatic heterocycles.